The average Bonchev–Trinajstić information content (AvgIpc) is 2.39. The van der Waals surface area contributed by atoms with Gasteiger partial charge in [0.25, 0.3) is 0 Å². The van der Waals surface area contributed by atoms with Crippen LogP contribution in [0, 0.1) is 0 Å². The van der Waals surface area contributed by atoms with Crippen molar-refractivity contribution in [1.82, 2.24) is 0 Å². The summed E-state index contributed by atoms with van der Waals surface area (Å²) in [6.45, 7) is 3.66. The van der Waals surface area contributed by atoms with Gasteiger partial charge in [-0.25, -0.2) is 0 Å². The fraction of sp³-hybridized carbons (Fsp3) is 0.188. The lowest BCUT2D eigenvalue weighted by Gasteiger charge is -2.08. The summed E-state index contributed by atoms with van der Waals surface area (Å²) in [6, 6.07) is 13.4. The molecular formula is C16H15BrO2. The highest BCUT2D eigenvalue weighted by molar-refractivity contribution is 9.10. The zero-order valence-corrected chi connectivity index (χ0v) is 12.5. The van der Waals surface area contributed by atoms with Crippen molar-refractivity contribution in [3.05, 3.63) is 58.1 Å². The van der Waals surface area contributed by atoms with E-state index in [1.807, 2.05) is 30.3 Å². The van der Waals surface area contributed by atoms with Crippen molar-refractivity contribution >= 4 is 21.7 Å². The number of ether oxygens (including phenoxy) is 1. The van der Waals surface area contributed by atoms with Crippen LogP contribution < -0.4 is 4.74 Å². The van der Waals surface area contributed by atoms with Crippen LogP contribution >= 0.6 is 15.9 Å². The highest BCUT2D eigenvalue weighted by Crippen LogP contribution is 2.27. The van der Waals surface area contributed by atoms with Gasteiger partial charge >= 0.3 is 0 Å². The number of hydrogen-bond donors (Lipinski definition) is 0. The molecule has 0 spiro atoms. The van der Waals surface area contributed by atoms with Crippen LogP contribution in [0.2, 0.25) is 0 Å². The Kier molecular flexibility index (Phi) is 4.38. The predicted molar refractivity (Wildman–Crippen MR) is 80.0 cm³/mol. The normalized spacial score (nSPS) is 10.3. The molecule has 0 aliphatic rings. The van der Waals surface area contributed by atoms with Crippen molar-refractivity contribution in [2.45, 2.75) is 20.3 Å². The van der Waals surface area contributed by atoms with Gasteiger partial charge in [-0.15, -0.1) is 0 Å². The van der Waals surface area contributed by atoms with E-state index < -0.39 is 0 Å². The van der Waals surface area contributed by atoms with Crippen LogP contribution in [0.5, 0.6) is 11.5 Å². The van der Waals surface area contributed by atoms with E-state index in [1.165, 1.54) is 5.56 Å². The summed E-state index contributed by atoms with van der Waals surface area (Å²) in [6.07, 6.45) is 1.01. The number of hydrogen-bond acceptors (Lipinski definition) is 2. The van der Waals surface area contributed by atoms with Crippen molar-refractivity contribution in [3.63, 3.8) is 0 Å². The van der Waals surface area contributed by atoms with E-state index in [-0.39, 0.29) is 5.78 Å². The third-order valence-corrected chi connectivity index (χ3v) is 3.54. The molecule has 2 nitrogen and oxygen atoms in total. The first-order chi connectivity index (χ1) is 9.10. The number of carbonyl (C=O) groups excluding carboxylic acids is 1. The minimum absolute atomic E-state index is 0.0331. The van der Waals surface area contributed by atoms with Crippen molar-refractivity contribution < 1.29 is 9.53 Å². The molecule has 0 saturated heterocycles. The van der Waals surface area contributed by atoms with Crippen molar-refractivity contribution in [2.75, 3.05) is 0 Å². The van der Waals surface area contributed by atoms with Crippen LogP contribution in [0.1, 0.15) is 29.8 Å². The number of halogens is 1. The molecule has 0 fully saturated rings. The van der Waals surface area contributed by atoms with Gasteiger partial charge in [-0.3, -0.25) is 4.79 Å². The molecule has 0 aliphatic heterocycles. The van der Waals surface area contributed by atoms with Crippen molar-refractivity contribution in [2.24, 2.45) is 0 Å². The zero-order valence-electron chi connectivity index (χ0n) is 10.9. The van der Waals surface area contributed by atoms with Crippen LogP contribution in [0.4, 0.5) is 0 Å². The van der Waals surface area contributed by atoms with Gasteiger partial charge in [0.1, 0.15) is 11.5 Å². The summed E-state index contributed by atoms with van der Waals surface area (Å²) in [5.74, 6) is 1.53. The third-order valence-electron chi connectivity index (χ3n) is 2.89. The summed E-state index contributed by atoms with van der Waals surface area (Å²) in [4.78, 5) is 11.3. The Morgan fingerprint density at radius 3 is 2.26 bits per heavy atom. The SMILES string of the molecule is CCc1ccc(Oc2ccc(C(C)=O)c(Br)c2)cc1. The number of rotatable bonds is 4. The number of carbonyl (C=O) groups is 1. The molecule has 0 N–H and O–H groups in total. The molecule has 0 unspecified atom stereocenters. The quantitative estimate of drug-likeness (QED) is 0.741. The number of aryl methyl sites for hydroxylation is 1. The molecule has 2 aromatic carbocycles. The van der Waals surface area contributed by atoms with E-state index in [0.29, 0.717) is 11.3 Å². The molecule has 0 atom stereocenters. The lowest BCUT2D eigenvalue weighted by Crippen LogP contribution is -1.94. The van der Waals surface area contributed by atoms with E-state index in [0.717, 1.165) is 16.6 Å². The van der Waals surface area contributed by atoms with Gasteiger partial charge in [-0.2, -0.15) is 0 Å². The summed E-state index contributed by atoms with van der Waals surface area (Å²) in [5.41, 5.74) is 1.94. The molecule has 0 saturated carbocycles. The topological polar surface area (TPSA) is 26.3 Å². The maximum atomic E-state index is 11.3. The number of ketones is 1. The Morgan fingerprint density at radius 2 is 1.74 bits per heavy atom. The minimum Gasteiger partial charge on any atom is -0.457 e. The van der Waals surface area contributed by atoms with Gasteiger partial charge in [-0.1, -0.05) is 19.1 Å². The molecule has 3 heteroatoms. The van der Waals surface area contributed by atoms with Crippen LogP contribution in [0.3, 0.4) is 0 Å². The smallest absolute Gasteiger partial charge is 0.160 e. The lowest BCUT2D eigenvalue weighted by molar-refractivity contribution is 0.101. The number of Topliss-reactive ketones (excluding diaryl/α,β-unsaturated/α-hetero) is 1. The second kappa shape index (κ2) is 6.02. The highest BCUT2D eigenvalue weighted by Gasteiger charge is 2.07. The maximum absolute atomic E-state index is 11.3. The Labute approximate surface area is 121 Å². The average molecular weight is 319 g/mol. The standard InChI is InChI=1S/C16H15BrO2/c1-3-12-4-6-13(7-5-12)19-14-8-9-15(11(2)18)16(17)10-14/h4-10H,3H2,1-2H3. The molecule has 2 aromatic rings. The maximum Gasteiger partial charge on any atom is 0.160 e. The van der Waals surface area contributed by atoms with Gasteiger partial charge in [0.15, 0.2) is 5.78 Å². The third kappa shape index (κ3) is 3.44. The molecule has 2 rings (SSSR count). The predicted octanol–water partition coefficient (Wildman–Crippen LogP) is 5.01. The van der Waals surface area contributed by atoms with E-state index in [4.69, 9.17) is 4.74 Å². The van der Waals surface area contributed by atoms with Crippen molar-refractivity contribution in [3.8, 4) is 11.5 Å². The monoisotopic (exact) mass is 318 g/mol. The van der Waals surface area contributed by atoms with Crippen LogP contribution in [-0.4, -0.2) is 5.78 Å². The first-order valence-electron chi connectivity index (χ1n) is 6.17. The fourth-order valence-corrected chi connectivity index (χ4v) is 2.41. The Morgan fingerprint density at radius 1 is 1.11 bits per heavy atom. The highest BCUT2D eigenvalue weighted by atomic mass is 79.9. The lowest BCUT2D eigenvalue weighted by atomic mass is 10.1. The molecule has 0 heterocycles. The first-order valence-corrected chi connectivity index (χ1v) is 6.96. The molecule has 0 aromatic heterocycles. The Balaban J connectivity index is 2.18. The summed E-state index contributed by atoms with van der Waals surface area (Å²) < 4.78 is 6.50. The molecular weight excluding hydrogens is 304 g/mol. The van der Waals surface area contributed by atoms with E-state index >= 15 is 0 Å². The second-order valence-corrected chi connectivity index (χ2v) is 5.15. The largest absolute Gasteiger partial charge is 0.457 e. The molecule has 0 aliphatic carbocycles. The molecule has 98 valence electrons. The van der Waals surface area contributed by atoms with Crippen molar-refractivity contribution in [1.29, 1.82) is 0 Å². The summed E-state index contributed by atoms with van der Waals surface area (Å²) >= 11 is 3.38. The minimum atomic E-state index is 0.0331. The molecule has 0 radical (unpaired) electrons. The van der Waals surface area contributed by atoms with Crippen LogP contribution in [0.25, 0.3) is 0 Å². The van der Waals surface area contributed by atoms with E-state index in [9.17, 15) is 4.79 Å². The molecule has 0 amide bonds. The van der Waals surface area contributed by atoms with Crippen LogP contribution in [0.15, 0.2) is 46.9 Å². The summed E-state index contributed by atoms with van der Waals surface area (Å²) in [7, 11) is 0. The zero-order chi connectivity index (χ0) is 13.8. The second-order valence-electron chi connectivity index (χ2n) is 4.30. The van der Waals surface area contributed by atoms with Gasteiger partial charge in [0.2, 0.25) is 0 Å². The first kappa shape index (κ1) is 13.8. The molecule has 19 heavy (non-hydrogen) atoms. The van der Waals surface area contributed by atoms with Gasteiger partial charge in [0, 0.05) is 10.0 Å². The molecule has 0 bridgehead atoms. The Bertz CT molecular complexity index is 588. The fourth-order valence-electron chi connectivity index (χ4n) is 1.77. The van der Waals surface area contributed by atoms with Crippen LogP contribution in [-0.2, 0) is 6.42 Å². The Hall–Kier alpha value is -1.61. The van der Waals surface area contributed by atoms with Gasteiger partial charge in [-0.05, 0) is 65.2 Å². The van der Waals surface area contributed by atoms with E-state index in [2.05, 4.69) is 22.9 Å². The van der Waals surface area contributed by atoms with Gasteiger partial charge in [0.05, 0.1) is 0 Å². The number of benzene rings is 2. The van der Waals surface area contributed by atoms with E-state index in [1.54, 1.807) is 19.1 Å². The van der Waals surface area contributed by atoms with Gasteiger partial charge < -0.3 is 4.74 Å². The summed E-state index contributed by atoms with van der Waals surface area (Å²) in [5, 5.41) is 0.